The highest BCUT2D eigenvalue weighted by Crippen LogP contribution is 2.46. The van der Waals surface area contributed by atoms with Gasteiger partial charge in [0.2, 0.25) is 0 Å². The SMILES string of the molecule is Cc1cccc(C2CC2)c1Oc1nnc(Cl)cc1OC(=O)c1ccccc1F. The second-order valence-corrected chi connectivity index (χ2v) is 6.96. The summed E-state index contributed by atoms with van der Waals surface area (Å²) in [4.78, 5) is 12.4. The van der Waals surface area contributed by atoms with Crippen molar-refractivity contribution < 1.29 is 18.7 Å². The molecule has 0 radical (unpaired) electrons. The van der Waals surface area contributed by atoms with Gasteiger partial charge in [-0.3, -0.25) is 0 Å². The van der Waals surface area contributed by atoms with Crippen molar-refractivity contribution in [1.29, 1.82) is 0 Å². The minimum Gasteiger partial charge on any atom is -0.434 e. The van der Waals surface area contributed by atoms with Crippen LogP contribution in [0.25, 0.3) is 0 Å². The van der Waals surface area contributed by atoms with Crippen LogP contribution in [0, 0.1) is 12.7 Å². The van der Waals surface area contributed by atoms with E-state index in [2.05, 4.69) is 10.2 Å². The molecule has 0 saturated heterocycles. The van der Waals surface area contributed by atoms with Crippen molar-refractivity contribution in [2.24, 2.45) is 0 Å². The summed E-state index contributed by atoms with van der Waals surface area (Å²) in [7, 11) is 0. The zero-order valence-corrected chi connectivity index (χ0v) is 15.7. The second-order valence-electron chi connectivity index (χ2n) is 6.58. The van der Waals surface area contributed by atoms with Crippen LogP contribution < -0.4 is 9.47 Å². The summed E-state index contributed by atoms with van der Waals surface area (Å²) in [6.07, 6.45) is 2.20. The van der Waals surface area contributed by atoms with E-state index < -0.39 is 11.8 Å². The Kier molecular flexibility index (Phi) is 4.96. The summed E-state index contributed by atoms with van der Waals surface area (Å²) in [5.74, 6) is -0.495. The van der Waals surface area contributed by atoms with Crippen LogP contribution in [-0.4, -0.2) is 16.2 Å². The van der Waals surface area contributed by atoms with E-state index in [1.54, 1.807) is 6.07 Å². The van der Waals surface area contributed by atoms with E-state index in [1.807, 2.05) is 25.1 Å². The van der Waals surface area contributed by atoms with Crippen LogP contribution in [0.2, 0.25) is 5.15 Å². The fraction of sp³-hybridized carbons (Fsp3) is 0.190. The molecule has 28 heavy (non-hydrogen) atoms. The Bertz CT molecular complexity index is 1050. The lowest BCUT2D eigenvalue weighted by Crippen LogP contribution is -2.12. The Morgan fingerprint density at radius 1 is 1.14 bits per heavy atom. The van der Waals surface area contributed by atoms with E-state index in [4.69, 9.17) is 21.1 Å². The van der Waals surface area contributed by atoms with Gasteiger partial charge in [0.25, 0.3) is 5.88 Å². The molecule has 2 aromatic carbocycles. The van der Waals surface area contributed by atoms with E-state index in [1.165, 1.54) is 24.3 Å². The van der Waals surface area contributed by atoms with Crippen LogP contribution in [0.15, 0.2) is 48.5 Å². The molecule has 0 N–H and O–H groups in total. The van der Waals surface area contributed by atoms with Crippen LogP contribution in [0.3, 0.4) is 0 Å². The molecule has 1 heterocycles. The molecule has 0 aliphatic heterocycles. The quantitative estimate of drug-likeness (QED) is 0.533. The molecular formula is C21H16ClFN2O3. The molecule has 0 bridgehead atoms. The lowest BCUT2D eigenvalue weighted by Gasteiger charge is -2.15. The van der Waals surface area contributed by atoms with Crippen molar-refractivity contribution in [1.82, 2.24) is 10.2 Å². The van der Waals surface area contributed by atoms with Gasteiger partial charge in [0.05, 0.1) is 5.56 Å². The number of aromatic nitrogens is 2. The number of rotatable bonds is 5. The molecule has 1 aromatic heterocycles. The number of halogens is 2. The average molecular weight is 399 g/mol. The first kappa shape index (κ1) is 18.4. The van der Waals surface area contributed by atoms with Crippen LogP contribution in [0.5, 0.6) is 17.4 Å². The van der Waals surface area contributed by atoms with Crippen molar-refractivity contribution in [3.8, 4) is 17.4 Å². The third kappa shape index (κ3) is 3.82. The fourth-order valence-corrected chi connectivity index (χ4v) is 3.03. The third-order valence-electron chi connectivity index (χ3n) is 4.45. The Balaban J connectivity index is 1.67. The number of carbonyl (C=O) groups excluding carboxylic acids is 1. The second kappa shape index (κ2) is 7.56. The number of hydrogen-bond donors (Lipinski definition) is 0. The summed E-state index contributed by atoms with van der Waals surface area (Å²) in [6, 6.07) is 12.8. The van der Waals surface area contributed by atoms with E-state index in [0.29, 0.717) is 11.7 Å². The molecule has 5 nitrogen and oxygen atoms in total. The smallest absolute Gasteiger partial charge is 0.346 e. The van der Waals surface area contributed by atoms with Crippen molar-refractivity contribution in [3.63, 3.8) is 0 Å². The zero-order chi connectivity index (χ0) is 19.7. The van der Waals surface area contributed by atoms with Crippen LogP contribution >= 0.6 is 11.6 Å². The van der Waals surface area contributed by atoms with Crippen molar-refractivity contribution >= 4 is 17.6 Å². The van der Waals surface area contributed by atoms with Gasteiger partial charge < -0.3 is 9.47 Å². The molecule has 3 aromatic rings. The monoisotopic (exact) mass is 398 g/mol. The highest BCUT2D eigenvalue weighted by atomic mass is 35.5. The highest BCUT2D eigenvalue weighted by Gasteiger charge is 2.28. The van der Waals surface area contributed by atoms with E-state index in [0.717, 1.165) is 24.0 Å². The van der Waals surface area contributed by atoms with E-state index in [-0.39, 0.29) is 22.3 Å². The van der Waals surface area contributed by atoms with Gasteiger partial charge in [-0.05, 0) is 48.9 Å². The zero-order valence-electron chi connectivity index (χ0n) is 15.0. The Morgan fingerprint density at radius 3 is 2.68 bits per heavy atom. The number of ether oxygens (including phenoxy) is 2. The van der Waals surface area contributed by atoms with Gasteiger partial charge >= 0.3 is 5.97 Å². The topological polar surface area (TPSA) is 61.3 Å². The number of benzene rings is 2. The lowest BCUT2D eigenvalue weighted by molar-refractivity contribution is 0.0724. The van der Waals surface area contributed by atoms with Crippen molar-refractivity contribution in [2.45, 2.75) is 25.7 Å². The first-order valence-corrected chi connectivity index (χ1v) is 9.18. The first-order valence-electron chi connectivity index (χ1n) is 8.80. The Hall–Kier alpha value is -2.99. The first-order chi connectivity index (χ1) is 13.5. The summed E-state index contributed by atoms with van der Waals surface area (Å²) < 4.78 is 25.2. The maximum absolute atomic E-state index is 13.9. The Labute approximate surface area is 166 Å². The lowest BCUT2D eigenvalue weighted by atomic mass is 10.1. The number of aryl methyl sites for hydroxylation is 1. The Morgan fingerprint density at radius 2 is 1.93 bits per heavy atom. The van der Waals surface area contributed by atoms with Crippen LogP contribution in [-0.2, 0) is 0 Å². The van der Waals surface area contributed by atoms with Gasteiger partial charge in [-0.1, -0.05) is 41.9 Å². The molecule has 1 aliphatic rings. The molecule has 1 aliphatic carbocycles. The minimum absolute atomic E-state index is 0.00899. The molecule has 7 heteroatoms. The molecule has 0 amide bonds. The summed E-state index contributed by atoms with van der Waals surface area (Å²) in [5, 5.41) is 7.73. The van der Waals surface area contributed by atoms with Gasteiger partial charge in [0, 0.05) is 6.07 Å². The van der Waals surface area contributed by atoms with Gasteiger partial charge in [-0.2, -0.15) is 0 Å². The fourth-order valence-electron chi connectivity index (χ4n) is 2.89. The summed E-state index contributed by atoms with van der Waals surface area (Å²) >= 11 is 5.91. The normalized spacial score (nSPS) is 13.2. The number of carbonyl (C=O) groups is 1. The predicted octanol–water partition coefficient (Wildman–Crippen LogP) is 5.47. The summed E-state index contributed by atoms with van der Waals surface area (Å²) in [5.41, 5.74) is 1.80. The minimum atomic E-state index is -0.876. The molecule has 4 rings (SSSR count). The number of esters is 1. The predicted molar refractivity (Wildman–Crippen MR) is 102 cm³/mol. The van der Waals surface area contributed by atoms with Gasteiger partial charge in [0.1, 0.15) is 11.6 Å². The van der Waals surface area contributed by atoms with Crippen molar-refractivity contribution in [2.75, 3.05) is 0 Å². The maximum atomic E-state index is 13.9. The molecule has 0 unspecified atom stereocenters. The van der Waals surface area contributed by atoms with Crippen molar-refractivity contribution in [3.05, 3.63) is 76.2 Å². The molecule has 0 spiro atoms. The highest BCUT2D eigenvalue weighted by molar-refractivity contribution is 6.29. The maximum Gasteiger partial charge on any atom is 0.346 e. The third-order valence-corrected chi connectivity index (χ3v) is 4.64. The van der Waals surface area contributed by atoms with E-state index >= 15 is 0 Å². The van der Waals surface area contributed by atoms with Gasteiger partial charge in [0.15, 0.2) is 10.9 Å². The van der Waals surface area contributed by atoms with Gasteiger partial charge in [-0.15, -0.1) is 10.2 Å². The summed E-state index contributed by atoms with van der Waals surface area (Å²) in [6.45, 7) is 1.93. The van der Waals surface area contributed by atoms with Gasteiger partial charge in [-0.25, -0.2) is 9.18 Å². The molecule has 1 saturated carbocycles. The number of para-hydroxylation sites is 1. The number of hydrogen-bond acceptors (Lipinski definition) is 5. The number of nitrogens with zero attached hydrogens (tertiary/aromatic N) is 2. The van der Waals surface area contributed by atoms with Crippen LogP contribution in [0.1, 0.15) is 40.2 Å². The van der Waals surface area contributed by atoms with E-state index in [9.17, 15) is 9.18 Å². The molecular weight excluding hydrogens is 383 g/mol. The standard InChI is InChI=1S/C21H16ClFN2O3/c1-12-5-4-7-14(13-9-10-13)19(12)28-20-17(11-18(22)24-25-20)27-21(26)15-6-2-3-8-16(15)23/h2-8,11,13H,9-10H2,1H3. The molecule has 1 fully saturated rings. The largest absolute Gasteiger partial charge is 0.434 e. The molecule has 0 atom stereocenters. The average Bonchev–Trinajstić information content (AvgIpc) is 3.50. The van der Waals surface area contributed by atoms with Crippen LogP contribution in [0.4, 0.5) is 4.39 Å². The molecule has 142 valence electrons.